The summed E-state index contributed by atoms with van der Waals surface area (Å²) in [6.07, 6.45) is -1.76. The maximum absolute atomic E-state index is 11.2. The molecule has 2 heterocycles. The molecular formula is C15H17F3N4O4. The van der Waals surface area contributed by atoms with Crippen molar-refractivity contribution in [3.63, 3.8) is 0 Å². The van der Waals surface area contributed by atoms with Gasteiger partial charge in [-0.25, -0.2) is 14.8 Å². The molecule has 0 bridgehead atoms. The molecule has 0 amide bonds. The molecule has 0 saturated carbocycles. The number of halogens is 3. The molecule has 26 heavy (non-hydrogen) atoms. The number of alkyl halides is 3. The Balaban J connectivity index is 0.000000412. The first-order chi connectivity index (χ1) is 11.9. The lowest BCUT2D eigenvalue weighted by molar-refractivity contribution is -0.192. The molecule has 1 unspecified atom stereocenters. The fourth-order valence-electron chi connectivity index (χ4n) is 1.49. The predicted molar refractivity (Wildman–Crippen MR) is 85.5 cm³/mol. The second-order valence-electron chi connectivity index (χ2n) is 5.81. The van der Waals surface area contributed by atoms with E-state index in [1.54, 1.807) is 33.2 Å². The van der Waals surface area contributed by atoms with Crippen LogP contribution < -0.4 is 5.32 Å². The van der Waals surface area contributed by atoms with Gasteiger partial charge in [-0.3, -0.25) is 4.79 Å². The number of fused-ring (bicyclic) bond motifs is 1. The van der Waals surface area contributed by atoms with Crippen molar-refractivity contribution in [1.82, 2.24) is 15.0 Å². The fraction of sp³-hybridized carbons (Fsp3) is 0.400. The number of nitrogens with one attached hydrogen (secondary N) is 1. The third-order valence-electron chi connectivity index (χ3n) is 3.58. The van der Waals surface area contributed by atoms with Crippen LogP contribution in [0.2, 0.25) is 0 Å². The monoisotopic (exact) mass is 374 g/mol. The first kappa shape index (κ1) is 21.1. The van der Waals surface area contributed by atoms with Crippen LogP contribution in [-0.2, 0) is 9.59 Å². The van der Waals surface area contributed by atoms with Crippen LogP contribution in [0, 0.1) is 5.41 Å². The Bertz CT molecular complexity index is 796. The van der Waals surface area contributed by atoms with E-state index in [0.29, 0.717) is 11.6 Å². The fourth-order valence-corrected chi connectivity index (χ4v) is 1.49. The van der Waals surface area contributed by atoms with E-state index in [2.05, 4.69) is 20.3 Å². The third-order valence-corrected chi connectivity index (χ3v) is 3.58. The van der Waals surface area contributed by atoms with Crippen molar-refractivity contribution in [2.24, 2.45) is 5.41 Å². The summed E-state index contributed by atoms with van der Waals surface area (Å²) < 4.78 is 31.7. The lowest BCUT2D eigenvalue weighted by Gasteiger charge is -2.27. The molecule has 2 aromatic heterocycles. The van der Waals surface area contributed by atoms with Gasteiger partial charge >= 0.3 is 18.1 Å². The van der Waals surface area contributed by atoms with Crippen molar-refractivity contribution < 1.29 is 33.0 Å². The highest BCUT2D eigenvalue weighted by Gasteiger charge is 2.38. The van der Waals surface area contributed by atoms with E-state index >= 15 is 0 Å². The van der Waals surface area contributed by atoms with Gasteiger partial charge in [0.05, 0.1) is 5.41 Å². The number of carboxylic acids is 2. The second-order valence-corrected chi connectivity index (χ2v) is 5.81. The van der Waals surface area contributed by atoms with Crippen LogP contribution >= 0.6 is 0 Å². The summed E-state index contributed by atoms with van der Waals surface area (Å²) in [5.41, 5.74) is -0.331. The minimum absolute atomic E-state index is 0.314. The van der Waals surface area contributed by atoms with Crippen molar-refractivity contribution in [3.05, 3.63) is 24.5 Å². The molecule has 1 atom stereocenters. The highest BCUT2D eigenvalue weighted by Crippen LogP contribution is 2.23. The van der Waals surface area contributed by atoms with Gasteiger partial charge in [0.2, 0.25) is 5.95 Å². The van der Waals surface area contributed by atoms with Crippen LogP contribution in [0.3, 0.4) is 0 Å². The average molecular weight is 374 g/mol. The minimum atomic E-state index is -5.08. The van der Waals surface area contributed by atoms with E-state index in [9.17, 15) is 18.0 Å². The predicted octanol–water partition coefficient (Wildman–Crippen LogP) is 2.57. The average Bonchev–Trinajstić information content (AvgIpc) is 2.54. The maximum Gasteiger partial charge on any atom is 0.490 e. The molecule has 0 aliphatic heterocycles. The van der Waals surface area contributed by atoms with E-state index in [1.807, 2.05) is 12.1 Å². The Morgan fingerprint density at radius 3 is 2.23 bits per heavy atom. The molecule has 142 valence electrons. The van der Waals surface area contributed by atoms with E-state index < -0.39 is 23.5 Å². The van der Waals surface area contributed by atoms with Crippen molar-refractivity contribution in [3.8, 4) is 0 Å². The van der Waals surface area contributed by atoms with Crippen molar-refractivity contribution in [2.75, 3.05) is 5.32 Å². The van der Waals surface area contributed by atoms with Crippen molar-refractivity contribution >= 4 is 28.9 Å². The van der Waals surface area contributed by atoms with E-state index in [0.717, 1.165) is 5.39 Å². The Hall–Kier alpha value is -2.98. The van der Waals surface area contributed by atoms with Gasteiger partial charge in [-0.15, -0.1) is 0 Å². The van der Waals surface area contributed by atoms with Crippen LogP contribution in [0.25, 0.3) is 11.0 Å². The lowest BCUT2D eigenvalue weighted by Crippen LogP contribution is -2.40. The van der Waals surface area contributed by atoms with Crippen molar-refractivity contribution in [2.45, 2.75) is 33.0 Å². The standard InChI is InChI=1S/C13H16N4O2.C2HF3O2/c1-8(13(2,3)11(18)19)16-12-15-7-9-5-4-6-14-10(9)17-12;3-2(4,5)1(6)7/h4-8H,1-3H3,(H,18,19)(H,14,15,16,17);(H,6,7). The number of aliphatic carboxylic acids is 2. The largest absolute Gasteiger partial charge is 0.490 e. The normalized spacial score (nSPS) is 12.7. The van der Waals surface area contributed by atoms with Crippen LogP contribution in [0.15, 0.2) is 24.5 Å². The zero-order chi connectivity index (χ0) is 20.1. The van der Waals surface area contributed by atoms with Gasteiger partial charge in [0.25, 0.3) is 0 Å². The van der Waals surface area contributed by atoms with Gasteiger partial charge in [-0.1, -0.05) is 0 Å². The molecule has 2 rings (SSSR count). The number of nitrogens with zero attached hydrogens (tertiary/aromatic N) is 3. The Morgan fingerprint density at radius 2 is 1.73 bits per heavy atom. The van der Waals surface area contributed by atoms with Crippen LogP contribution in [0.4, 0.5) is 19.1 Å². The van der Waals surface area contributed by atoms with Gasteiger partial charge in [0, 0.05) is 23.8 Å². The topological polar surface area (TPSA) is 125 Å². The molecule has 0 fully saturated rings. The Labute approximate surface area is 146 Å². The molecular weight excluding hydrogens is 357 g/mol. The number of carboxylic acid groups (broad SMARTS) is 2. The molecule has 0 aliphatic carbocycles. The number of anilines is 1. The third kappa shape index (κ3) is 5.53. The summed E-state index contributed by atoms with van der Waals surface area (Å²) in [5, 5.41) is 20.2. The summed E-state index contributed by atoms with van der Waals surface area (Å²) in [5.74, 6) is -3.24. The lowest BCUT2D eigenvalue weighted by atomic mass is 9.86. The summed E-state index contributed by atoms with van der Waals surface area (Å²) in [7, 11) is 0. The van der Waals surface area contributed by atoms with Gasteiger partial charge in [0.15, 0.2) is 5.65 Å². The summed E-state index contributed by atoms with van der Waals surface area (Å²) in [6.45, 7) is 5.11. The van der Waals surface area contributed by atoms with Crippen LogP contribution in [0.1, 0.15) is 20.8 Å². The summed E-state index contributed by atoms with van der Waals surface area (Å²) >= 11 is 0. The molecule has 0 aliphatic rings. The Kier molecular flexibility index (Phi) is 6.43. The molecule has 0 saturated heterocycles. The molecule has 8 nitrogen and oxygen atoms in total. The number of carbonyl (C=O) groups is 2. The zero-order valence-electron chi connectivity index (χ0n) is 14.1. The molecule has 2 aromatic rings. The van der Waals surface area contributed by atoms with E-state index in [4.69, 9.17) is 15.0 Å². The Morgan fingerprint density at radius 1 is 1.15 bits per heavy atom. The highest BCUT2D eigenvalue weighted by atomic mass is 19.4. The highest BCUT2D eigenvalue weighted by molar-refractivity contribution is 5.76. The summed E-state index contributed by atoms with van der Waals surface area (Å²) in [4.78, 5) is 32.6. The van der Waals surface area contributed by atoms with Crippen molar-refractivity contribution in [1.29, 1.82) is 0 Å². The van der Waals surface area contributed by atoms with Crippen LogP contribution in [0.5, 0.6) is 0 Å². The number of hydrogen-bond acceptors (Lipinski definition) is 6. The van der Waals surface area contributed by atoms with Gasteiger partial charge in [-0.05, 0) is 32.9 Å². The number of aromatic nitrogens is 3. The smallest absolute Gasteiger partial charge is 0.481 e. The van der Waals surface area contributed by atoms with E-state index in [-0.39, 0.29) is 6.04 Å². The van der Waals surface area contributed by atoms with Gasteiger partial charge in [0.1, 0.15) is 0 Å². The number of rotatable bonds is 4. The minimum Gasteiger partial charge on any atom is -0.481 e. The molecule has 11 heteroatoms. The number of hydrogen-bond donors (Lipinski definition) is 3. The second kappa shape index (κ2) is 7.93. The van der Waals surface area contributed by atoms with E-state index in [1.165, 1.54) is 0 Å². The molecule has 0 aromatic carbocycles. The first-order valence-electron chi connectivity index (χ1n) is 7.23. The van der Waals surface area contributed by atoms with Gasteiger partial charge < -0.3 is 15.5 Å². The number of pyridine rings is 1. The van der Waals surface area contributed by atoms with Gasteiger partial charge in [-0.2, -0.15) is 18.2 Å². The summed E-state index contributed by atoms with van der Waals surface area (Å²) in [6, 6.07) is 3.37. The molecule has 0 radical (unpaired) electrons. The SMILES string of the molecule is CC(Nc1ncc2cccnc2n1)C(C)(C)C(=O)O.O=C(O)C(F)(F)F. The molecule has 3 N–H and O–H groups in total. The quantitative estimate of drug-likeness (QED) is 0.746. The maximum atomic E-state index is 11.2. The van der Waals surface area contributed by atoms with Crippen LogP contribution in [-0.4, -0.2) is 49.3 Å². The molecule has 0 spiro atoms. The zero-order valence-corrected chi connectivity index (χ0v) is 14.1. The first-order valence-corrected chi connectivity index (χ1v) is 7.23.